The molecule has 0 bridgehead atoms. The highest BCUT2D eigenvalue weighted by molar-refractivity contribution is 7.08. The van der Waals surface area contributed by atoms with Gasteiger partial charge in [0.1, 0.15) is 11.6 Å². The Kier molecular flexibility index (Phi) is 3.77. The van der Waals surface area contributed by atoms with E-state index in [0.717, 1.165) is 18.2 Å². The van der Waals surface area contributed by atoms with Crippen LogP contribution in [0.5, 0.6) is 5.75 Å². The van der Waals surface area contributed by atoms with Crippen LogP contribution in [-0.2, 0) is 0 Å². The number of benzene rings is 1. The van der Waals surface area contributed by atoms with Crippen LogP contribution in [0.3, 0.4) is 0 Å². The molecule has 0 aliphatic heterocycles. The molecule has 0 aliphatic rings. The molecule has 0 aliphatic carbocycles. The number of rotatable bonds is 3. The fraction of sp³-hybridized carbons (Fsp3) is 0.167. The number of hydrogen-bond donors (Lipinski definition) is 1. The van der Waals surface area contributed by atoms with Gasteiger partial charge in [-0.2, -0.15) is 11.3 Å². The minimum Gasteiger partial charge on any atom is -0.406 e. The molecule has 0 fully saturated rings. The van der Waals surface area contributed by atoms with Gasteiger partial charge in [-0.05, 0) is 40.6 Å². The van der Waals surface area contributed by atoms with E-state index in [9.17, 15) is 17.6 Å². The van der Waals surface area contributed by atoms with Crippen LogP contribution >= 0.6 is 11.3 Å². The smallest absolute Gasteiger partial charge is 0.406 e. The molecule has 1 aromatic heterocycles. The molecule has 0 saturated heterocycles. The second kappa shape index (κ2) is 5.18. The van der Waals surface area contributed by atoms with E-state index >= 15 is 0 Å². The quantitative estimate of drug-likeness (QED) is 0.872. The Morgan fingerprint density at radius 1 is 1.21 bits per heavy atom. The lowest BCUT2D eigenvalue weighted by molar-refractivity contribution is -0.274. The maximum absolute atomic E-state index is 13.6. The average molecular weight is 291 g/mol. The molecule has 1 heterocycles. The van der Waals surface area contributed by atoms with Crippen molar-refractivity contribution in [1.29, 1.82) is 0 Å². The molecule has 2 N–H and O–H groups in total. The summed E-state index contributed by atoms with van der Waals surface area (Å²) < 4.78 is 53.7. The summed E-state index contributed by atoms with van der Waals surface area (Å²) in [7, 11) is 0. The molecule has 0 spiro atoms. The highest BCUT2D eigenvalue weighted by Crippen LogP contribution is 2.29. The fourth-order valence-electron chi connectivity index (χ4n) is 1.59. The Labute approximate surface area is 110 Å². The Balaban J connectivity index is 2.32. The molecule has 2 nitrogen and oxygen atoms in total. The van der Waals surface area contributed by atoms with E-state index < -0.39 is 24.0 Å². The van der Waals surface area contributed by atoms with Crippen LogP contribution in [0.15, 0.2) is 35.0 Å². The summed E-state index contributed by atoms with van der Waals surface area (Å²) in [5.74, 6) is -1.16. The lowest BCUT2D eigenvalue weighted by Gasteiger charge is -2.14. The van der Waals surface area contributed by atoms with Gasteiger partial charge >= 0.3 is 6.36 Å². The van der Waals surface area contributed by atoms with Crippen LogP contribution in [0.1, 0.15) is 17.2 Å². The molecule has 0 unspecified atom stereocenters. The van der Waals surface area contributed by atoms with E-state index in [2.05, 4.69) is 4.74 Å². The monoisotopic (exact) mass is 291 g/mol. The molecular weight excluding hydrogens is 282 g/mol. The number of alkyl halides is 3. The number of thiophene rings is 1. The Morgan fingerprint density at radius 3 is 2.53 bits per heavy atom. The van der Waals surface area contributed by atoms with Crippen LogP contribution in [0, 0.1) is 5.82 Å². The molecule has 102 valence electrons. The third-order valence-electron chi connectivity index (χ3n) is 2.44. The zero-order valence-electron chi connectivity index (χ0n) is 9.45. The van der Waals surface area contributed by atoms with E-state index in [1.807, 2.05) is 0 Å². The molecule has 1 atom stereocenters. The van der Waals surface area contributed by atoms with Crippen LogP contribution in [-0.4, -0.2) is 6.36 Å². The lowest BCUT2D eigenvalue weighted by Crippen LogP contribution is -2.18. The van der Waals surface area contributed by atoms with E-state index in [1.54, 1.807) is 16.8 Å². The molecule has 0 saturated carbocycles. The summed E-state index contributed by atoms with van der Waals surface area (Å²) >= 11 is 1.37. The molecule has 19 heavy (non-hydrogen) atoms. The van der Waals surface area contributed by atoms with Gasteiger partial charge in [-0.1, -0.05) is 0 Å². The van der Waals surface area contributed by atoms with Gasteiger partial charge in [0.15, 0.2) is 0 Å². The number of nitrogens with two attached hydrogens (primary N) is 1. The number of halogens is 4. The van der Waals surface area contributed by atoms with Gasteiger partial charge in [0.05, 0.1) is 6.04 Å². The van der Waals surface area contributed by atoms with Gasteiger partial charge in [0, 0.05) is 5.56 Å². The van der Waals surface area contributed by atoms with Crippen LogP contribution in [0.2, 0.25) is 0 Å². The van der Waals surface area contributed by atoms with Crippen molar-refractivity contribution in [1.82, 2.24) is 0 Å². The minimum atomic E-state index is -4.82. The van der Waals surface area contributed by atoms with Crippen molar-refractivity contribution in [2.75, 3.05) is 0 Å². The zero-order chi connectivity index (χ0) is 14.0. The van der Waals surface area contributed by atoms with Gasteiger partial charge < -0.3 is 10.5 Å². The van der Waals surface area contributed by atoms with E-state index in [0.29, 0.717) is 5.56 Å². The van der Waals surface area contributed by atoms with Crippen molar-refractivity contribution >= 4 is 11.3 Å². The predicted octanol–water partition coefficient (Wildman–Crippen LogP) is 3.83. The highest BCUT2D eigenvalue weighted by atomic mass is 32.1. The molecule has 7 heteroatoms. The van der Waals surface area contributed by atoms with Crippen LogP contribution in [0.25, 0.3) is 0 Å². The second-order valence-electron chi connectivity index (χ2n) is 3.77. The highest BCUT2D eigenvalue weighted by Gasteiger charge is 2.31. The lowest BCUT2D eigenvalue weighted by atomic mass is 10.0. The van der Waals surface area contributed by atoms with E-state index in [4.69, 9.17) is 5.73 Å². The maximum Gasteiger partial charge on any atom is 0.573 e. The molecule has 0 amide bonds. The van der Waals surface area contributed by atoms with E-state index in [1.165, 1.54) is 11.3 Å². The molecule has 0 radical (unpaired) electrons. The van der Waals surface area contributed by atoms with Gasteiger partial charge in [0.2, 0.25) is 0 Å². The normalized spacial score (nSPS) is 13.3. The third kappa shape index (κ3) is 3.45. The molecule has 2 aromatic rings. The predicted molar refractivity (Wildman–Crippen MR) is 63.4 cm³/mol. The first-order valence-electron chi connectivity index (χ1n) is 5.19. The summed E-state index contributed by atoms with van der Waals surface area (Å²) in [4.78, 5) is 0. The number of ether oxygens (including phenoxy) is 1. The summed E-state index contributed by atoms with van der Waals surface area (Å²) in [6.07, 6.45) is -4.82. The Morgan fingerprint density at radius 2 is 1.95 bits per heavy atom. The van der Waals surface area contributed by atoms with Crippen molar-refractivity contribution in [3.8, 4) is 5.75 Å². The maximum atomic E-state index is 13.6. The number of hydrogen-bond acceptors (Lipinski definition) is 3. The van der Waals surface area contributed by atoms with Gasteiger partial charge in [-0.3, -0.25) is 0 Å². The first-order chi connectivity index (χ1) is 8.87. The molecule has 2 rings (SSSR count). The van der Waals surface area contributed by atoms with Gasteiger partial charge in [-0.15, -0.1) is 13.2 Å². The van der Waals surface area contributed by atoms with Crippen molar-refractivity contribution in [2.45, 2.75) is 12.4 Å². The van der Waals surface area contributed by atoms with Crippen LogP contribution in [0.4, 0.5) is 17.6 Å². The zero-order valence-corrected chi connectivity index (χ0v) is 10.3. The van der Waals surface area contributed by atoms with E-state index in [-0.39, 0.29) is 5.56 Å². The SMILES string of the molecule is N[C@@H](c1ccsc1)c1cc(OC(F)(F)F)ccc1F. The van der Waals surface area contributed by atoms with Crippen molar-refractivity contribution in [2.24, 2.45) is 5.73 Å². The minimum absolute atomic E-state index is 0.0415. The van der Waals surface area contributed by atoms with Gasteiger partial charge in [0.25, 0.3) is 0 Å². The first-order valence-corrected chi connectivity index (χ1v) is 6.14. The summed E-state index contributed by atoms with van der Waals surface area (Å²) in [5, 5.41) is 3.46. The second-order valence-corrected chi connectivity index (χ2v) is 4.55. The Bertz CT molecular complexity index is 553. The summed E-state index contributed by atoms with van der Waals surface area (Å²) in [6, 6.07) is 3.63. The molecule has 1 aromatic carbocycles. The summed E-state index contributed by atoms with van der Waals surface area (Å²) in [5.41, 5.74) is 6.42. The van der Waals surface area contributed by atoms with Crippen molar-refractivity contribution in [3.05, 3.63) is 52.0 Å². The van der Waals surface area contributed by atoms with Gasteiger partial charge in [-0.25, -0.2) is 4.39 Å². The molecular formula is C12H9F4NOS. The topological polar surface area (TPSA) is 35.2 Å². The third-order valence-corrected chi connectivity index (χ3v) is 3.14. The van der Waals surface area contributed by atoms with Crippen molar-refractivity contribution in [3.63, 3.8) is 0 Å². The first kappa shape index (κ1) is 13.8. The standard InChI is InChI=1S/C12H9F4NOS/c13-10-2-1-8(18-12(14,15)16)5-9(10)11(17)7-3-4-19-6-7/h1-6,11H,17H2/t11-/m0/s1. The fourth-order valence-corrected chi connectivity index (χ4v) is 2.29. The van der Waals surface area contributed by atoms with Crippen molar-refractivity contribution < 1.29 is 22.3 Å². The summed E-state index contributed by atoms with van der Waals surface area (Å²) in [6.45, 7) is 0. The average Bonchev–Trinajstić information content (AvgIpc) is 2.82. The van der Waals surface area contributed by atoms with Crippen LogP contribution < -0.4 is 10.5 Å². The largest absolute Gasteiger partial charge is 0.573 e. The Hall–Kier alpha value is -1.60.